The van der Waals surface area contributed by atoms with Gasteiger partial charge in [-0.3, -0.25) is 4.79 Å². The minimum Gasteiger partial charge on any atom is -0.469 e. The lowest BCUT2D eigenvalue weighted by molar-refractivity contribution is -0.144. The number of esters is 1. The lowest BCUT2D eigenvalue weighted by atomic mass is 9.81. The molecule has 0 fully saturated rings. The van der Waals surface area contributed by atoms with Crippen molar-refractivity contribution in [3.8, 4) is 11.1 Å². The third kappa shape index (κ3) is 2.62. The van der Waals surface area contributed by atoms with Gasteiger partial charge < -0.3 is 14.9 Å². The second kappa shape index (κ2) is 6.04. The van der Waals surface area contributed by atoms with Crippen LogP contribution in [0.25, 0.3) is 11.1 Å². The van der Waals surface area contributed by atoms with Gasteiger partial charge in [-0.1, -0.05) is 56.3 Å². The second-order valence-electron chi connectivity index (χ2n) is 6.77. The molecule has 3 rings (SSSR count). The Bertz CT molecular complexity index is 779. The van der Waals surface area contributed by atoms with Crippen molar-refractivity contribution in [2.24, 2.45) is 0 Å². The second-order valence-corrected chi connectivity index (χ2v) is 6.77. The highest BCUT2D eigenvalue weighted by Gasteiger charge is 2.36. The number of aliphatic hydroxyl groups excluding tert-OH is 2. The maximum Gasteiger partial charge on any atom is 0.308 e. The van der Waals surface area contributed by atoms with E-state index >= 15 is 0 Å². The Morgan fingerprint density at radius 2 is 1.75 bits per heavy atom. The van der Waals surface area contributed by atoms with Crippen LogP contribution in [0.1, 0.15) is 43.1 Å². The number of hydrogen-bond donors (Lipinski definition) is 2. The first-order valence-electron chi connectivity index (χ1n) is 8.03. The first-order valence-corrected chi connectivity index (χ1v) is 8.03. The summed E-state index contributed by atoms with van der Waals surface area (Å²) in [5.74, 6) is -0.546. The molecule has 4 heteroatoms. The van der Waals surface area contributed by atoms with Gasteiger partial charge in [0.25, 0.3) is 0 Å². The number of ether oxygens (including phenoxy) is 1. The number of benzene rings is 2. The predicted molar refractivity (Wildman–Crippen MR) is 91.6 cm³/mol. The Balaban J connectivity index is 1.96. The summed E-state index contributed by atoms with van der Waals surface area (Å²) in [6.07, 6.45) is -2.56. The summed E-state index contributed by atoms with van der Waals surface area (Å²) in [5.41, 5.74) is 5.15. The van der Waals surface area contributed by atoms with Gasteiger partial charge in [-0.15, -0.1) is 0 Å². The van der Waals surface area contributed by atoms with Crippen molar-refractivity contribution in [2.45, 2.75) is 37.9 Å². The van der Waals surface area contributed by atoms with Gasteiger partial charge in [0.15, 0.2) is 0 Å². The molecule has 24 heavy (non-hydrogen) atoms. The largest absolute Gasteiger partial charge is 0.469 e. The van der Waals surface area contributed by atoms with Gasteiger partial charge in [0, 0.05) is 5.41 Å². The molecular weight excluding hydrogens is 304 g/mol. The Kier molecular flexibility index (Phi) is 4.20. The number of rotatable bonds is 4. The molecule has 0 radical (unpaired) electrons. The van der Waals surface area contributed by atoms with E-state index < -0.39 is 18.2 Å². The molecule has 2 atom stereocenters. The zero-order chi connectivity index (χ0) is 17.5. The Hall–Kier alpha value is -2.17. The summed E-state index contributed by atoms with van der Waals surface area (Å²) in [6.45, 7) is 4.30. The van der Waals surface area contributed by atoms with Crippen LogP contribution in [0.5, 0.6) is 0 Å². The van der Waals surface area contributed by atoms with Gasteiger partial charge >= 0.3 is 5.97 Å². The molecular formula is C20H22O4. The van der Waals surface area contributed by atoms with E-state index in [0.717, 1.165) is 11.1 Å². The molecule has 0 bridgehead atoms. The van der Waals surface area contributed by atoms with Crippen LogP contribution in [0.4, 0.5) is 0 Å². The molecule has 0 heterocycles. The predicted octanol–water partition coefficient (Wildman–Crippen LogP) is 2.95. The highest BCUT2D eigenvalue weighted by Crippen LogP contribution is 2.49. The third-order valence-electron chi connectivity index (χ3n) is 4.92. The minimum atomic E-state index is -1.19. The first kappa shape index (κ1) is 16.7. The van der Waals surface area contributed by atoms with Crippen LogP contribution in [0.15, 0.2) is 42.5 Å². The average molecular weight is 326 g/mol. The summed E-state index contributed by atoms with van der Waals surface area (Å²) in [5, 5.41) is 20.5. The molecule has 0 saturated carbocycles. The maximum atomic E-state index is 11.3. The SMILES string of the molecule is COC(=O)CC(O)C(O)c1ccc2c(c1)C(C)(C)c1ccccc1-2. The molecule has 1 aliphatic carbocycles. The standard InChI is InChI=1S/C20H22O4/c1-20(2)15-7-5-4-6-13(15)14-9-8-12(10-16(14)20)19(23)17(21)11-18(22)24-3/h4-10,17,19,21,23H,11H2,1-3H3. The number of hydrogen-bond acceptors (Lipinski definition) is 4. The molecule has 2 aromatic rings. The number of fused-ring (bicyclic) bond motifs is 3. The zero-order valence-electron chi connectivity index (χ0n) is 14.1. The number of methoxy groups -OCH3 is 1. The number of carbonyl (C=O) groups is 1. The molecule has 0 aliphatic heterocycles. The van der Waals surface area contributed by atoms with Gasteiger partial charge in [-0.25, -0.2) is 0 Å². The summed E-state index contributed by atoms with van der Waals surface area (Å²) in [4.78, 5) is 11.3. The fourth-order valence-corrected chi connectivity index (χ4v) is 3.49. The van der Waals surface area contributed by atoms with E-state index in [0.29, 0.717) is 5.56 Å². The van der Waals surface area contributed by atoms with E-state index in [4.69, 9.17) is 0 Å². The average Bonchev–Trinajstić information content (AvgIpc) is 2.82. The Morgan fingerprint density at radius 1 is 1.08 bits per heavy atom. The smallest absolute Gasteiger partial charge is 0.308 e. The topological polar surface area (TPSA) is 66.8 Å². The lowest BCUT2D eigenvalue weighted by Gasteiger charge is -2.23. The molecule has 0 aromatic heterocycles. The highest BCUT2D eigenvalue weighted by molar-refractivity contribution is 5.81. The van der Waals surface area contributed by atoms with E-state index in [9.17, 15) is 15.0 Å². The van der Waals surface area contributed by atoms with Crippen molar-refractivity contribution in [3.05, 3.63) is 59.2 Å². The molecule has 1 aliphatic rings. The van der Waals surface area contributed by atoms with E-state index in [1.54, 1.807) is 0 Å². The van der Waals surface area contributed by atoms with Crippen LogP contribution in [0.2, 0.25) is 0 Å². The van der Waals surface area contributed by atoms with Gasteiger partial charge in [0.05, 0.1) is 19.6 Å². The zero-order valence-corrected chi connectivity index (χ0v) is 14.1. The summed E-state index contributed by atoms with van der Waals surface area (Å²) in [7, 11) is 1.26. The maximum absolute atomic E-state index is 11.3. The first-order chi connectivity index (χ1) is 11.4. The van der Waals surface area contributed by atoms with Gasteiger partial charge in [-0.05, 0) is 27.8 Å². The summed E-state index contributed by atoms with van der Waals surface area (Å²) >= 11 is 0. The normalized spacial score (nSPS) is 16.9. The summed E-state index contributed by atoms with van der Waals surface area (Å²) in [6, 6.07) is 14.0. The molecule has 0 amide bonds. The van der Waals surface area contributed by atoms with Crippen LogP contribution in [0.3, 0.4) is 0 Å². The van der Waals surface area contributed by atoms with E-state index in [1.807, 2.05) is 30.3 Å². The molecule has 2 N–H and O–H groups in total. The molecule has 2 aromatic carbocycles. The quantitative estimate of drug-likeness (QED) is 0.848. The van der Waals surface area contributed by atoms with Gasteiger partial charge in [0.1, 0.15) is 6.10 Å². The number of carbonyl (C=O) groups excluding carboxylic acids is 1. The fourth-order valence-electron chi connectivity index (χ4n) is 3.49. The van der Waals surface area contributed by atoms with E-state index in [-0.39, 0.29) is 11.8 Å². The van der Waals surface area contributed by atoms with Crippen LogP contribution >= 0.6 is 0 Å². The van der Waals surface area contributed by atoms with Crippen molar-refractivity contribution >= 4 is 5.97 Å². The molecule has 4 nitrogen and oxygen atoms in total. The molecule has 126 valence electrons. The van der Waals surface area contributed by atoms with Crippen LogP contribution in [0, 0.1) is 0 Å². The van der Waals surface area contributed by atoms with Crippen molar-refractivity contribution in [3.63, 3.8) is 0 Å². The van der Waals surface area contributed by atoms with Crippen molar-refractivity contribution in [1.29, 1.82) is 0 Å². The van der Waals surface area contributed by atoms with E-state index in [1.165, 1.54) is 18.2 Å². The fraction of sp³-hybridized carbons (Fsp3) is 0.350. The van der Waals surface area contributed by atoms with Crippen LogP contribution in [-0.2, 0) is 14.9 Å². The van der Waals surface area contributed by atoms with Crippen molar-refractivity contribution in [2.75, 3.05) is 7.11 Å². The third-order valence-corrected chi connectivity index (χ3v) is 4.92. The lowest BCUT2D eigenvalue weighted by Crippen LogP contribution is -2.23. The van der Waals surface area contributed by atoms with Gasteiger partial charge in [0.2, 0.25) is 0 Å². The van der Waals surface area contributed by atoms with Crippen molar-refractivity contribution < 1.29 is 19.7 Å². The monoisotopic (exact) mass is 326 g/mol. The van der Waals surface area contributed by atoms with Crippen LogP contribution < -0.4 is 0 Å². The summed E-state index contributed by atoms with van der Waals surface area (Å²) < 4.78 is 4.55. The number of aliphatic hydroxyl groups is 2. The molecule has 2 unspecified atom stereocenters. The molecule has 0 spiro atoms. The Morgan fingerprint density at radius 3 is 2.46 bits per heavy atom. The molecule has 0 saturated heterocycles. The Labute approximate surface area is 141 Å². The minimum absolute atomic E-state index is 0.172. The van der Waals surface area contributed by atoms with Crippen LogP contribution in [-0.4, -0.2) is 29.4 Å². The van der Waals surface area contributed by atoms with Crippen molar-refractivity contribution in [1.82, 2.24) is 0 Å². The van der Waals surface area contributed by atoms with Gasteiger partial charge in [-0.2, -0.15) is 0 Å². The highest BCUT2D eigenvalue weighted by atomic mass is 16.5. The van der Waals surface area contributed by atoms with E-state index in [2.05, 4.69) is 30.7 Å².